The summed E-state index contributed by atoms with van der Waals surface area (Å²) in [6.45, 7) is 0.977. The van der Waals surface area contributed by atoms with Gasteiger partial charge in [0.25, 0.3) is 0 Å². The summed E-state index contributed by atoms with van der Waals surface area (Å²) in [6, 6.07) is 0. The van der Waals surface area contributed by atoms with E-state index < -0.39 is 11.6 Å². The number of halogens is 1. The van der Waals surface area contributed by atoms with Gasteiger partial charge in [-0.05, 0) is 6.54 Å². The Balaban J connectivity index is 0.000001000. The number of esters is 1. The highest BCUT2D eigenvalue weighted by Crippen LogP contribution is 2.14. The molecule has 0 amide bonds. The van der Waals surface area contributed by atoms with E-state index in [9.17, 15) is 9.90 Å². The van der Waals surface area contributed by atoms with Crippen LogP contribution in [-0.2, 0) is 9.53 Å². The molecule has 1 saturated heterocycles. The van der Waals surface area contributed by atoms with E-state index in [1.54, 1.807) is 0 Å². The Morgan fingerprint density at radius 2 is 2.36 bits per heavy atom. The fourth-order valence-electron chi connectivity index (χ4n) is 1.04. The Bertz CT molecular complexity index is 145. The molecule has 0 aromatic heterocycles. The minimum absolute atomic E-state index is 0. The number of β-amino-alcohol motifs (C(OH)–C–C–N with tert-alkyl or cyclic N) is 1. The molecule has 0 aromatic rings. The lowest BCUT2D eigenvalue weighted by atomic mass is 10.0. The molecule has 1 aliphatic heterocycles. The van der Waals surface area contributed by atoms with Crippen molar-refractivity contribution >= 4 is 18.4 Å². The zero-order valence-electron chi connectivity index (χ0n) is 6.29. The summed E-state index contributed by atoms with van der Waals surface area (Å²) in [6.07, 6.45) is 0.444. The number of carbonyl (C=O) groups is 1. The Morgan fingerprint density at radius 1 is 1.73 bits per heavy atom. The Labute approximate surface area is 71.3 Å². The molecule has 0 aliphatic carbocycles. The lowest BCUT2D eigenvalue weighted by Crippen LogP contribution is -2.41. The Kier molecular flexibility index (Phi) is 3.78. The second kappa shape index (κ2) is 3.90. The van der Waals surface area contributed by atoms with Gasteiger partial charge in [0.15, 0.2) is 5.60 Å². The van der Waals surface area contributed by atoms with Crippen LogP contribution in [0.4, 0.5) is 0 Å². The van der Waals surface area contributed by atoms with Gasteiger partial charge in [-0.3, -0.25) is 0 Å². The molecule has 2 N–H and O–H groups in total. The molecule has 0 bridgehead atoms. The van der Waals surface area contributed by atoms with Crippen LogP contribution in [-0.4, -0.2) is 36.9 Å². The van der Waals surface area contributed by atoms with Gasteiger partial charge >= 0.3 is 5.97 Å². The molecule has 1 unspecified atom stereocenters. The van der Waals surface area contributed by atoms with E-state index in [4.69, 9.17) is 0 Å². The van der Waals surface area contributed by atoms with Crippen molar-refractivity contribution < 1.29 is 14.6 Å². The molecule has 66 valence electrons. The largest absolute Gasteiger partial charge is 0.467 e. The molecule has 1 heterocycles. The van der Waals surface area contributed by atoms with Crippen molar-refractivity contribution in [3.05, 3.63) is 0 Å². The summed E-state index contributed by atoms with van der Waals surface area (Å²) >= 11 is 0. The van der Waals surface area contributed by atoms with Crippen LogP contribution in [0.15, 0.2) is 0 Å². The molecule has 1 atom stereocenters. The van der Waals surface area contributed by atoms with E-state index in [0.29, 0.717) is 19.5 Å². The maximum atomic E-state index is 10.8. The Morgan fingerprint density at radius 3 is 2.73 bits per heavy atom. The van der Waals surface area contributed by atoms with Crippen molar-refractivity contribution in [1.29, 1.82) is 0 Å². The normalized spacial score (nSPS) is 29.3. The average Bonchev–Trinajstić information content (AvgIpc) is 2.36. The van der Waals surface area contributed by atoms with Crippen molar-refractivity contribution in [2.24, 2.45) is 0 Å². The van der Waals surface area contributed by atoms with Crippen LogP contribution < -0.4 is 5.32 Å². The molecular weight excluding hydrogens is 170 g/mol. The minimum atomic E-state index is -1.27. The van der Waals surface area contributed by atoms with E-state index in [0.717, 1.165) is 0 Å². The molecule has 11 heavy (non-hydrogen) atoms. The molecule has 0 spiro atoms. The zero-order valence-corrected chi connectivity index (χ0v) is 7.11. The van der Waals surface area contributed by atoms with Gasteiger partial charge in [-0.25, -0.2) is 4.79 Å². The zero-order chi connectivity index (χ0) is 7.61. The first-order chi connectivity index (χ1) is 4.69. The predicted molar refractivity (Wildman–Crippen MR) is 41.7 cm³/mol. The minimum Gasteiger partial charge on any atom is -0.467 e. The van der Waals surface area contributed by atoms with Crippen molar-refractivity contribution in [2.45, 2.75) is 12.0 Å². The number of carbonyl (C=O) groups excluding carboxylic acids is 1. The highest BCUT2D eigenvalue weighted by Gasteiger charge is 2.39. The second-order valence-corrected chi connectivity index (χ2v) is 2.45. The topological polar surface area (TPSA) is 58.6 Å². The number of nitrogens with one attached hydrogen (secondary N) is 1. The third kappa shape index (κ3) is 2.05. The van der Waals surface area contributed by atoms with E-state index >= 15 is 0 Å². The number of methoxy groups -OCH3 is 1. The molecule has 4 nitrogen and oxygen atoms in total. The Hall–Kier alpha value is -0.320. The van der Waals surface area contributed by atoms with Gasteiger partial charge in [-0.2, -0.15) is 0 Å². The fraction of sp³-hybridized carbons (Fsp3) is 0.833. The monoisotopic (exact) mass is 181 g/mol. The standard InChI is InChI=1S/C6H11NO3.ClH/c1-10-5(8)6(9)2-3-7-4-6;/h7,9H,2-4H2,1H3;1H. The van der Waals surface area contributed by atoms with Crippen molar-refractivity contribution in [3.8, 4) is 0 Å². The maximum Gasteiger partial charge on any atom is 0.339 e. The van der Waals surface area contributed by atoms with Crippen LogP contribution in [0.3, 0.4) is 0 Å². The van der Waals surface area contributed by atoms with Gasteiger partial charge in [0, 0.05) is 13.0 Å². The summed E-state index contributed by atoms with van der Waals surface area (Å²) in [5, 5.41) is 12.3. The summed E-state index contributed by atoms with van der Waals surface area (Å²) in [5.41, 5.74) is -1.27. The fourth-order valence-corrected chi connectivity index (χ4v) is 1.04. The van der Waals surface area contributed by atoms with E-state index in [-0.39, 0.29) is 12.4 Å². The van der Waals surface area contributed by atoms with Crippen LogP contribution in [0, 0.1) is 0 Å². The lowest BCUT2D eigenvalue weighted by Gasteiger charge is -2.16. The molecule has 1 rings (SSSR count). The summed E-state index contributed by atoms with van der Waals surface area (Å²) in [7, 11) is 1.28. The molecule has 1 aliphatic rings. The van der Waals surface area contributed by atoms with Gasteiger partial charge in [0.05, 0.1) is 7.11 Å². The van der Waals surface area contributed by atoms with Crippen molar-refractivity contribution in [2.75, 3.05) is 20.2 Å². The summed E-state index contributed by atoms with van der Waals surface area (Å²) in [4.78, 5) is 10.8. The summed E-state index contributed by atoms with van der Waals surface area (Å²) < 4.78 is 4.41. The highest BCUT2D eigenvalue weighted by molar-refractivity contribution is 5.85. The lowest BCUT2D eigenvalue weighted by molar-refractivity contribution is -0.160. The highest BCUT2D eigenvalue weighted by atomic mass is 35.5. The number of hydrogen-bond donors (Lipinski definition) is 2. The van der Waals surface area contributed by atoms with Crippen molar-refractivity contribution in [3.63, 3.8) is 0 Å². The van der Waals surface area contributed by atoms with Crippen LogP contribution in [0.1, 0.15) is 6.42 Å². The quantitative estimate of drug-likeness (QED) is 0.526. The number of rotatable bonds is 1. The molecule has 5 heteroatoms. The third-order valence-electron chi connectivity index (χ3n) is 1.70. The van der Waals surface area contributed by atoms with E-state index in [1.165, 1.54) is 7.11 Å². The first-order valence-electron chi connectivity index (χ1n) is 3.20. The number of aliphatic hydroxyl groups is 1. The first-order valence-corrected chi connectivity index (χ1v) is 3.20. The average molecular weight is 182 g/mol. The SMILES string of the molecule is COC(=O)C1(O)CCNC1.Cl. The summed E-state index contributed by atoms with van der Waals surface area (Å²) in [5.74, 6) is -0.544. The third-order valence-corrected chi connectivity index (χ3v) is 1.70. The molecule has 1 fully saturated rings. The second-order valence-electron chi connectivity index (χ2n) is 2.45. The first kappa shape index (κ1) is 10.7. The smallest absolute Gasteiger partial charge is 0.339 e. The van der Waals surface area contributed by atoms with Crippen LogP contribution in [0.25, 0.3) is 0 Å². The predicted octanol–water partition coefficient (Wildman–Crippen LogP) is -0.694. The van der Waals surface area contributed by atoms with Gasteiger partial charge in [0.2, 0.25) is 0 Å². The van der Waals surface area contributed by atoms with Gasteiger partial charge in [-0.1, -0.05) is 0 Å². The van der Waals surface area contributed by atoms with Crippen LogP contribution in [0.2, 0.25) is 0 Å². The van der Waals surface area contributed by atoms with Crippen LogP contribution in [0.5, 0.6) is 0 Å². The molecule has 0 saturated carbocycles. The molecular formula is C6H12ClNO3. The molecule has 0 aromatic carbocycles. The molecule has 0 radical (unpaired) electrons. The van der Waals surface area contributed by atoms with Gasteiger partial charge < -0.3 is 15.2 Å². The van der Waals surface area contributed by atoms with Crippen LogP contribution >= 0.6 is 12.4 Å². The number of hydrogen-bond acceptors (Lipinski definition) is 4. The van der Waals surface area contributed by atoms with E-state index in [1.807, 2.05) is 0 Å². The van der Waals surface area contributed by atoms with E-state index in [2.05, 4.69) is 10.1 Å². The van der Waals surface area contributed by atoms with Crippen molar-refractivity contribution in [1.82, 2.24) is 5.32 Å². The van der Waals surface area contributed by atoms with Gasteiger partial charge in [0.1, 0.15) is 0 Å². The number of ether oxygens (including phenoxy) is 1. The van der Waals surface area contributed by atoms with Gasteiger partial charge in [-0.15, -0.1) is 12.4 Å². The maximum absolute atomic E-state index is 10.8.